The molecule has 2 aromatic heterocycles. The largest absolute Gasteiger partial charge is 0.494 e. The average molecular weight is 366 g/mol. The van der Waals surface area contributed by atoms with Gasteiger partial charge in [-0.05, 0) is 30.7 Å². The molecule has 0 fully saturated rings. The van der Waals surface area contributed by atoms with E-state index in [1.165, 1.54) is 17.4 Å². The summed E-state index contributed by atoms with van der Waals surface area (Å²) in [6, 6.07) is 12.3. The normalized spacial score (nSPS) is 11.0. The molecular weight excluding hydrogens is 352 g/mol. The smallest absolute Gasteiger partial charge is 0.349 e. The molecule has 2 aromatic carbocycles. The van der Waals surface area contributed by atoms with Gasteiger partial charge in [0.1, 0.15) is 22.4 Å². The Morgan fingerprint density at radius 1 is 1.23 bits per heavy atom. The van der Waals surface area contributed by atoms with E-state index in [-0.39, 0.29) is 5.56 Å². The van der Waals surface area contributed by atoms with E-state index in [2.05, 4.69) is 10.3 Å². The molecule has 0 radical (unpaired) electrons. The summed E-state index contributed by atoms with van der Waals surface area (Å²) in [7, 11) is 1.57. The number of thiazole rings is 1. The minimum absolute atomic E-state index is 0.0633. The zero-order valence-corrected chi connectivity index (χ0v) is 14.8. The molecule has 26 heavy (non-hydrogen) atoms. The number of carbonyl (C=O) groups excluding carboxylic acids is 1. The monoisotopic (exact) mass is 366 g/mol. The molecule has 0 aliphatic heterocycles. The molecule has 0 saturated carbocycles. The zero-order chi connectivity index (χ0) is 18.3. The van der Waals surface area contributed by atoms with E-state index in [1.54, 1.807) is 25.3 Å². The average Bonchev–Trinajstić information content (AvgIpc) is 3.06. The molecule has 1 amide bonds. The number of nitrogens with one attached hydrogen (secondary N) is 1. The van der Waals surface area contributed by atoms with Crippen LogP contribution in [0.2, 0.25) is 0 Å². The minimum atomic E-state index is -0.684. The van der Waals surface area contributed by atoms with Crippen LogP contribution in [0.4, 0.5) is 5.13 Å². The predicted octanol–water partition coefficient (Wildman–Crippen LogP) is 3.97. The topological polar surface area (TPSA) is 81.4 Å². The summed E-state index contributed by atoms with van der Waals surface area (Å²) in [5.41, 5.74) is 1.40. The Balaban J connectivity index is 1.73. The maximum atomic E-state index is 12.6. The van der Waals surface area contributed by atoms with E-state index in [9.17, 15) is 9.59 Å². The lowest BCUT2D eigenvalue weighted by atomic mass is 10.2. The Morgan fingerprint density at radius 3 is 2.85 bits per heavy atom. The number of nitrogens with zero attached hydrogens (tertiary/aromatic N) is 1. The summed E-state index contributed by atoms with van der Waals surface area (Å²) in [6.07, 6.45) is 0. The van der Waals surface area contributed by atoms with Crippen LogP contribution in [0.15, 0.2) is 51.7 Å². The number of para-hydroxylation sites is 1. The minimum Gasteiger partial charge on any atom is -0.494 e. The van der Waals surface area contributed by atoms with Gasteiger partial charge >= 0.3 is 5.63 Å². The number of rotatable bonds is 3. The van der Waals surface area contributed by atoms with E-state index in [0.29, 0.717) is 27.4 Å². The lowest BCUT2D eigenvalue weighted by Gasteiger charge is -2.02. The molecule has 7 heteroatoms. The molecule has 4 aromatic rings. The Kier molecular flexibility index (Phi) is 3.93. The third-order valence-corrected chi connectivity index (χ3v) is 5.14. The van der Waals surface area contributed by atoms with Crippen molar-refractivity contribution in [3.05, 3.63) is 64.0 Å². The molecule has 2 heterocycles. The lowest BCUT2D eigenvalue weighted by molar-refractivity contribution is 0.102. The van der Waals surface area contributed by atoms with Crippen LogP contribution in [0.3, 0.4) is 0 Å². The molecule has 4 rings (SSSR count). The molecule has 0 bridgehead atoms. The fourth-order valence-electron chi connectivity index (χ4n) is 2.71. The van der Waals surface area contributed by atoms with E-state index in [4.69, 9.17) is 9.15 Å². The highest BCUT2D eigenvalue weighted by molar-refractivity contribution is 7.22. The van der Waals surface area contributed by atoms with Crippen LogP contribution in [0, 0.1) is 6.92 Å². The number of fused-ring (bicyclic) bond motifs is 2. The standard InChI is InChI=1S/C19H14N2O4S/c1-10-7-8-14(24-2)15-16(10)26-19(20-15)21-17(22)12-9-11-5-3-4-6-13(11)25-18(12)23/h3-9H,1-2H3,(H,20,21,22). The third-order valence-electron chi connectivity index (χ3n) is 4.03. The van der Waals surface area contributed by atoms with Crippen LogP contribution in [0.5, 0.6) is 5.75 Å². The molecule has 0 atom stereocenters. The van der Waals surface area contributed by atoms with Crippen LogP contribution < -0.4 is 15.7 Å². The highest BCUT2D eigenvalue weighted by atomic mass is 32.1. The molecule has 0 spiro atoms. The van der Waals surface area contributed by atoms with Crippen molar-refractivity contribution >= 4 is 43.6 Å². The maximum absolute atomic E-state index is 12.6. The second-order valence-corrected chi connectivity index (χ2v) is 6.72. The number of methoxy groups -OCH3 is 1. The molecule has 6 nitrogen and oxygen atoms in total. The second kappa shape index (κ2) is 6.27. The first-order chi connectivity index (χ1) is 12.6. The molecular formula is C19H14N2O4S. The van der Waals surface area contributed by atoms with Gasteiger partial charge in [-0.15, -0.1) is 0 Å². The number of hydrogen-bond donors (Lipinski definition) is 1. The summed E-state index contributed by atoms with van der Waals surface area (Å²) in [6.45, 7) is 1.96. The van der Waals surface area contributed by atoms with Crippen molar-refractivity contribution in [2.75, 3.05) is 12.4 Å². The first-order valence-electron chi connectivity index (χ1n) is 7.85. The van der Waals surface area contributed by atoms with Crippen LogP contribution >= 0.6 is 11.3 Å². The van der Waals surface area contributed by atoms with Crippen molar-refractivity contribution in [1.82, 2.24) is 4.98 Å². The fraction of sp³-hybridized carbons (Fsp3) is 0.105. The fourth-order valence-corrected chi connectivity index (χ4v) is 3.66. The van der Waals surface area contributed by atoms with Gasteiger partial charge in [-0.3, -0.25) is 10.1 Å². The van der Waals surface area contributed by atoms with Crippen molar-refractivity contribution in [3.63, 3.8) is 0 Å². The number of carbonyl (C=O) groups is 1. The molecule has 130 valence electrons. The van der Waals surface area contributed by atoms with Gasteiger partial charge in [0.2, 0.25) is 0 Å². The first-order valence-corrected chi connectivity index (χ1v) is 8.67. The van der Waals surface area contributed by atoms with Crippen LogP contribution in [0.25, 0.3) is 21.2 Å². The summed E-state index contributed by atoms with van der Waals surface area (Å²) >= 11 is 1.33. The summed E-state index contributed by atoms with van der Waals surface area (Å²) < 4.78 is 11.5. The summed E-state index contributed by atoms with van der Waals surface area (Å²) in [5, 5.41) is 3.76. The number of benzene rings is 2. The van der Waals surface area contributed by atoms with Gasteiger partial charge in [-0.25, -0.2) is 9.78 Å². The van der Waals surface area contributed by atoms with Crippen LogP contribution in [-0.2, 0) is 0 Å². The Morgan fingerprint density at radius 2 is 2.04 bits per heavy atom. The number of amides is 1. The van der Waals surface area contributed by atoms with Gasteiger partial charge in [0.05, 0.1) is 11.8 Å². The third kappa shape index (κ3) is 2.72. The molecule has 1 N–H and O–H groups in total. The second-order valence-electron chi connectivity index (χ2n) is 5.72. The van der Waals surface area contributed by atoms with Gasteiger partial charge in [0.25, 0.3) is 5.91 Å². The lowest BCUT2D eigenvalue weighted by Crippen LogP contribution is -2.20. The van der Waals surface area contributed by atoms with Gasteiger partial charge in [0.15, 0.2) is 5.13 Å². The molecule has 0 saturated heterocycles. The van der Waals surface area contributed by atoms with Crippen LogP contribution in [0.1, 0.15) is 15.9 Å². The van der Waals surface area contributed by atoms with Crippen molar-refractivity contribution < 1.29 is 13.9 Å². The Labute approximate surface area is 152 Å². The van der Waals surface area contributed by atoms with Crippen LogP contribution in [-0.4, -0.2) is 18.0 Å². The van der Waals surface area contributed by atoms with E-state index < -0.39 is 11.5 Å². The number of hydrogen-bond acceptors (Lipinski definition) is 6. The number of aromatic nitrogens is 1. The predicted molar refractivity (Wildman–Crippen MR) is 101 cm³/mol. The number of aryl methyl sites for hydroxylation is 1. The first kappa shape index (κ1) is 16.3. The molecule has 0 aliphatic carbocycles. The highest BCUT2D eigenvalue weighted by Gasteiger charge is 2.17. The molecule has 0 unspecified atom stereocenters. The summed E-state index contributed by atoms with van der Waals surface area (Å²) in [5.74, 6) is 0.0766. The highest BCUT2D eigenvalue weighted by Crippen LogP contribution is 2.34. The van der Waals surface area contributed by atoms with Crippen molar-refractivity contribution in [2.24, 2.45) is 0 Å². The van der Waals surface area contributed by atoms with Gasteiger partial charge < -0.3 is 9.15 Å². The Hall–Kier alpha value is -3.19. The number of ether oxygens (including phenoxy) is 1. The Bertz CT molecular complexity index is 1210. The van der Waals surface area contributed by atoms with E-state index in [0.717, 1.165) is 10.3 Å². The van der Waals surface area contributed by atoms with E-state index >= 15 is 0 Å². The molecule has 0 aliphatic rings. The van der Waals surface area contributed by atoms with Crippen molar-refractivity contribution in [3.8, 4) is 5.75 Å². The SMILES string of the molecule is COc1ccc(C)c2sc(NC(=O)c3cc4ccccc4oc3=O)nc12. The van der Waals surface area contributed by atoms with Gasteiger partial charge in [-0.2, -0.15) is 0 Å². The quantitative estimate of drug-likeness (QED) is 0.555. The van der Waals surface area contributed by atoms with Gasteiger partial charge in [-0.1, -0.05) is 35.6 Å². The number of anilines is 1. The van der Waals surface area contributed by atoms with Gasteiger partial charge in [0, 0.05) is 5.39 Å². The zero-order valence-electron chi connectivity index (χ0n) is 14.0. The maximum Gasteiger partial charge on any atom is 0.349 e. The van der Waals surface area contributed by atoms with E-state index in [1.807, 2.05) is 25.1 Å². The van der Waals surface area contributed by atoms with Crippen molar-refractivity contribution in [2.45, 2.75) is 6.92 Å². The summed E-state index contributed by atoms with van der Waals surface area (Å²) in [4.78, 5) is 29.1. The van der Waals surface area contributed by atoms with Crippen molar-refractivity contribution in [1.29, 1.82) is 0 Å².